The monoisotopic (exact) mass is 495 g/mol. The van der Waals surface area contributed by atoms with Crippen molar-refractivity contribution in [3.8, 4) is 22.6 Å². The van der Waals surface area contributed by atoms with Gasteiger partial charge in [0.15, 0.2) is 0 Å². The van der Waals surface area contributed by atoms with Crippen LogP contribution in [-0.4, -0.2) is 28.6 Å². The molecule has 0 aromatic heterocycles. The molecule has 1 aliphatic rings. The Balaban J connectivity index is 1.76. The first-order chi connectivity index (χ1) is 16.5. The van der Waals surface area contributed by atoms with Crippen LogP contribution in [-0.2, 0) is 31.7 Å². The normalized spacial score (nSPS) is 14.9. The summed E-state index contributed by atoms with van der Waals surface area (Å²) in [4.78, 5) is 12.1. The summed E-state index contributed by atoms with van der Waals surface area (Å²) in [5, 5.41) is 5.30. The number of sulfonamides is 1. The average Bonchev–Trinajstić information content (AvgIpc) is 2.81. The highest BCUT2D eigenvalue weighted by Gasteiger charge is 2.31. The van der Waals surface area contributed by atoms with E-state index in [1.165, 1.54) is 7.11 Å². The Morgan fingerprint density at radius 2 is 1.71 bits per heavy atom. The van der Waals surface area contributed by atoms with Gasteiger partial charge in [0.1, 0.15) is 17.6 Å². The molecule has 0 bridgehead atoms. The molecule has 4 rings (SSSR count). The molecule has 184 valence electrons. The first kappa shape index (κ1) is 24.8. The average molecular weight is 496 g/mol. The van der Waals surface area contributed by atoms with Gasteiger partial charge in [-0.15, -0.1) is 0 Å². The number of esters is 1. The highest BCUT2D eigenvalue weighted by molar-refractivity contribution is 7.88. The van der Waals surface area contributed by atoms with E-state index in [-0.39, 0.29) is 11.7 Å². The van der Waals surface area contributed by atoms with E-state index in [1.807, 2.05) is 68.4 Å². The van der Waals surface area contributed by atoms with E-state index in [4.69, 9.17) is 19.3 Å². The quantitative estimate of drug-likeness (QED) is 0.488. The van der Waals surface area contributed by atoms with Gasteiger partial charge in [0.05, 0.1) is 31.0 Å². The number of carbonyl (C=O) groups is 1. The maximum absolute atomic E-state index is 12.1. The molecule has 2 N–H and O–H groups in total. The van der Waals surface area contributed by atoms with Crippen molar-refractivity contribution < 1.29 is 27.4 Å². The number of methoxy groups -OCH3 is 2. The predicted molar refractivity (Wildman–Crippen MR) is 134 cm³/mol. The van der Waals surface area contributed by atoms with Crippen molar-refractivity contribution in [1.29, 1.82) is 0 Å². The van der Waals surface area contributed by atoms with Crippen molar-refractivity contribution >= 4 is 16.0 Å². The van der Waals surface area contributed by atoms with Crippen LogP contribution in [0.2, 0.25) is 0 Å². The minimum Gasteiger partial charge on any atom is -0.496 e. The van der Waals surface area contributed by atoms with E-state index in [0.29, 0.717) is 23.5 Å². The number of rotatable bonds is 7. The number of benzene rings is 3. The molecular formula is C27H29NO6S. The lowest BCUT2D eigenvalue weighted by Gasteiger charge is -2.31. The number of hydrogen-bond donors (Lipinski definition) is 1. The third kappa shape index (κ3) is 5.18. The van der Waals surface area contributed by atoms with E-state index in [2.05, 4.69) is 0 Å². The first-order valence-corrected chi connectivity index (χ1v) is 12.9. The Bertz CT molecular complexity index is 1360. The summed E-state index contributed by atoms with van der Waals surface area (Å²) in [7, 11) is -0.701. The molecule has 1 heterocycles. The fraction of sp³-hybridized carbons (Fsp3) is 0.296. The van der Waals surface area contributed by atoms with Gasteiger partial charge >= 0.3 is 5.97 Å². The summed E-state index contributed by atoms with van der Waals surface area (Å²) in [6.45, 7) is 3.70. The molecule has 1 aliphatic heterocycles. The molecular weight excluding hydrogens is 466 g/mol. The molecule has 35 heavy (non-hydrogen) atoms. The Hall–Kier alpha value is -3.36. The third-order valence-electron chi connectivity index (χ3n) is 6.15. The number of nitrogens with two attached hydrogens (primary N) is 1. The molecule has 8 heteroatoms. The van der Waals surface area contributed by atoms with Crippen molar-refractivity contribution in [3.05, 3.63) is 82.9 Å². The minimum atomic E-state index is -3.69. The predicted octanol–water partition coefficient (Wildman–Crippen LogP) is 4.37. The molecule has 0 amide bonds. The van der Waals surface area contributed by atoms with Crippen molar-refractivity contribution in [2.45, 2.75) is 32.1 Å². The summed E-state index contributed by atoms with van der Waals surface area (Å²) in [6.07, 6.45) is 0.0633. The number of fused-ring (bicyclic) bond motifs is 3. The summed E-state index contributed by atoms with van der Waals surface area (Å²) in [5.41, 5.74) is 4.36. The van der Waals surface area contributed by atoms with Gasteiger partial charge in [-0.3, -0.25) is 4.79 Å². The number of hydrogen-bond acceptors (Lipinski definition) is 6. The fourth-order valence-corrected chi connectivity index (χ4v) is 5.17. The molecule has 3 aromatic rings. The molecule has 1 atom stereocenters. The van der Waals surface area contributed by atoms with Crippen LogP contribution in [0.15, 0.2) is 60.7 Å². The lowest BCUT2D eigenvalue weighted by Crippen LogP contribution is -2.28. The first-order valence-electron chi connectivity index (χ1n) is 11.2. The van der Waals surface area contributed by atoms with Crippen molar-refractivity contribution in [1.82, 2.24) is 0 Å². The van der Waals surface area contributed by atoms with Gasteiger partial charge in [0, 0.05) is 5.56 Å². The molecule has 0 aliphatic carbocycles. The van der Waals surface area contributed by atoms with Gasteiger partial charge in [-0.25, -0.2) is 13.6 Å². The molecule has 3 aromatic carbocycles. The highest BCUT2D eigenvalue weighted by Crippen LogP contribution is 2.49. The van der Waals surface area contributed by atoms with Crippen LogP contribution in [0.1, 0.15) is 42.2 Å². The number of primary sulfonamides is 1. The lowest BCUT2D eigenvalue weighted by atomic mass is 9.84. The maximum atomic E-state index is 12.1. The standard InChI is InChI=1S/C27H29NO6S/c1-27(2,26(29)33-4)15-17-8-11-19(12-9-17)25-21-14-18(16-35(28,30)31)10-13-20(21)24-22(32-3)6-5-7-23(24)34-25/h5-14,25H,15-16H2,1-4H3,(H2,28,30,31). The largest absolute Gasteiger partial charge is 0.496 e. The van der Waals surface area contributed by atoms with Crippen LogP contribution in [0.4, 0.5) is 0 Å². The van der Waals surface area contributed by atoms with Crippen LogP contribution < -0.4 is 14.6 Å². The molecule has 0 saturated carbocycles. The molecule has 7 nitrogen and oxygen atoms in total. The second-order valence-corrected chi connectivity index (χ2v) is 11.0. The van der Waals surface area contributed by atoms with Gasteiger partial charge < -0.3 is 14.2 Å². The fourth-order valence-electron chi connectivity index (χ4n) is 4.53. The Morgan fingerprint density at radius 1 is 1.03 bits per heavy atom. The van der Waals surface area contributed by atoms with Gasteiger partial charge in [0.25, 0.3) is 0 Å². The second kappa shape index (κ2) is 9.36. The van der Waals surface area contributed by atoms with E-state index < -0.39 is 21.5 Å². The Labute approximate surface area is 205 Å². The zero-order chi connectivity index (χ0) is 25.4. The van der Waals surface area contributed by atoms with Crippen LogP contribution in [0.3, 0.4) is 0 Å². The number of carbonyl (C=O) groups excluding carboxylic acids is 1. The third-order valence-corrected chi connectivity index (χ3v) is 6.89. The van der Waals surface area contributed by atoms with Gasteiger partial charge in [-0.2, -0.15) is 0 Å². The van der Waals surface area contributed by atoms with Gasteiger partial charge in [-0.1, -0.05) is 48.5 Å². The molecule has 0 radical (unpaired) electrons. The Morgan fingerprint density at radius 3 is 2.34 bits per heavy atom. The van der Waals surface area contributed by atoms with Crippen molar-refractivity contribution in [3.63, 3.8) is 0 Å². The second-order valence-electron chi connectivity index (χ2n) is 9.35. The lowest BCUT2D eigenvalue weighted by molar-refractivity contribution is -0.150. The summed E-state index contributed by atoms with van der Waals surface area (Å²) >= 11 is 0. The smallest absolute Gasteiger partial charge is 0.311 e. The zero-order valence-corrected chi connectivity index (χ0v) is 21.0. The number of ether oxygens (including phenoxy) is 3. The van der Waals surface area contributed by atoms with E-state index in [9.17, 15) is 13.2 Å². The molecule has 0 spiro atoms. The molecule has 0 saturated heterocycles. The van der Waals surface area contributed by atoms with Crippen LogP contribution >= 0.6 is 0 Å². The van der Waals surface area contributed by atoms with Crippen LogP contribution in [0, 0.1) is 5.41 Å². The Kier molecular flexibility index (Phi) is 6.62. The summed E-state index contributed by atoms with van der Waals surface area (Å²) < 4.78 is 40.4. The van der Waals surface area contributed by atoms with Crippen molar-refractivity contribution in [2.24, 2.45) is 10.6 Å². The highest BCUT2D eigenvalue weighted by atomic mass is 32.2. The molecule has 0 fully saturated rings. The summed E-state index contributed by atoms with van der Waals surface area (Å²) in [5.74, 6) is 0.811. The van der Waals surface area contributed by atoms with E-state index in [0.717, 1.165) is 27.8 Å². The maximum Gasteiger partial charge on any atom is 0.311 e. The van der Waals surface area contributed by atoms with Gasteiger partial charge in [-0.05, 0) is 54.7 Å². The van der Waals surface area contributed by atoms with Gasteiger partial charge in [0.2, 0.25) is 10.0 Å². The van der Waals surface area contributed by atoms with E-state index in [1.54, 1.807) is 13.2 Å². The summed E-state index contributed by atoms with van der Waals surface area (Å²) in [6, 6.07) is 19.0. The van der Waals surface area contributed by atoms with Crippen molar-refractivity contribution in [2.75, 3.05) is 14.2 Å². The topological polar surface area (TPSA) is 105 Å². The molecule has 1 unspecified atom stereocenters. The van der Waals surface area contributed by atoms with Crippen LogP contribution in [0.5, 0.6) is 11.5 Å². The van der Waals surface area contributed by atoms with Crippen LogP contribution in [0.25, 0.3) is 11.1 Å². The zero-order valence-electron chi connectivity index (χ0n) is 20.2. The van der Waals surface area contributed by atoms with E-state index >= 15 is 0 Å². The SMILES string of the molecule is COC(=O)C(C)(C)Cc1ccc(C2Oc3cccc(OC)c3-c3ccc(CS(N)(=O)=O)cc32)cc1. The minimum absolute atomic E-state index is 0.265.